The SMILES string of the molecule is CCCN(CCC)c1nc(C)cc(C(=O)NC(Cc2cc(F)cc(F)c2)C(O)CNCc2cccc(CC)c2)n1. The summed E-state index contributed by atoms with van der Waals surface area (Å²) in [4.78, 5) is 24.5. The first-order valence-electron chi connectivity index (χ1n) is 14.0. The zero-order valence-corrected chi connectivity index (χ0v) is 23.9. The molecule has 0 spiro atoms. The first-order valence-corrected chi connectivity index (χ1v) is 14.0. The van der Waals surface area contributed by atoms with Crippen molar-refractivity contribution in [3.8, 4) is 0 Å². The van der Waals surface area contributed by atoms with Crippen molar-refractivity contribution < 1.29 is 18.7 Å². The van der Waals surface area contributed by atoms with Gasteiger partial charge in [-0.3, -0.25) is 4.79 Å². The molecule has 3 aromatic rings. The minimum atomic E-state index is -1.04. The summed E-state index contributed by atoms with van der Waals surface area (Å²) in [7, 11) is 0. The number of rotatable bonds is 15. The molecule has 3 N–H and O–H groups in total. The van der Waals surface area contributed by atoms with Gasteiger partial charge in [0.05, 0.1) is 12.1 Å². The fourth-order valence-electron chi connectivity index (χ4n) is 4.64. The van der Waals surface area contributed by atoms with Crippen molar-refractivity contribution in [1.82, 2.24) is 20.6 Å². The van der Waals surface area contributed by atoms with E-state index in [9.17, 15) is 18.7 Å². The number of halogens is 2. The molecule has 0 aliphatic carbocycles. The standard InChI is InChI=1S/C31H41F2N5O2/c1-5-11-38(12-6-2)31-35-21(4)13-28(37-31)30(40)36-27(17-24-15-25(32)18-26(33)16-24)29(39)20-34-19-23-10-8-9-22(7-3)14-23/h8-10,13-16,18,27,29,34,39H,5-7,11-12,17,19-20H2,1-4H3,(H,36,40). The lowest BCUT2D eigenvalue weighted by Gasteiger charge is -2.25. The zero-order valence-electron chi connectivity index (χ0n) is 23.9. The molecule has 1 heterocycles. The molecule has 1 amide bonds. The fraction of sp³-hybridized carbons (Fsp3) is 0.452. The third-order valence-electron chi connectivity index (χ3n) is 6.59. The van der Waals surface area contributed by atoms with Crippen molar-refractivity contribution >= 4 is 11.9 Å². The summed E-state index contributed by atoms with van der Waals surface area (Å²) in [6.45, 7) is 10.2. The van der Waals surface area contributed by atoms with Crippen molar-refractivity contribution in [2.75, 3.05) is 24.5 Å². The van der Waals surface area contributed by atoms with Gasteiger partial charge in [-0.1, -0.05) is 45.0 Å². The van der Waals surface area contributed by atoms with Crippen LogP contribution in [0.3, 0.4) is 0 Å². The molecular weight excluding hydrogens is 512 g/mol. The van der Waals surface area contributed by atoms with Gasteiger partial charge in [0, 0.05) is 37.9 Å². The molecule has 2 unspecified atom stereocenters. The van der Waals surface area contributed by atoms with Gasteiger partial charge >= 0.3 is 0 Å². The van der Waals surface area contributed by atoms with Gasteiger partial charge in [-0.25, -0.2) is 18.7 Å². The highest BCUT2D eigenvalue weighted by atomic mass is 19.1. The largest absolute Gasteiger partial charge is 0.390 e. The molecule has 0 bridgehead atoms. The monoisotopic (exact) mass is 553 g/mol. The molecule has 0 radical (unpaired) electrons. The maximum absolute atomic E-state index is 13.9. The maximum Gasteiger partial charge on any atom is 0.270 e. The van der Waals surface area contributed by atoms with Crippen LogP contribution in [0.25, 0.3) is 0 Å². The molecule has 3 rings (SSSR count). The van der Waals surface area contributed by atoms with Crippen molar-refractivity contribution in [3.63, 3.8) is 0 Å². The number of anilines is 1. The number of aliphatic hydroxyl groups excluding tert-OH is 1. The van der Waals surface area contributed by atoms with E-state index in [0.717, 1.165) is 44.0 Å². The lowest BCUT2D eigenvalue weighted by molar-refractivity contribution is 0.0825. The highest BCUT2D eigenvalue weighted by molar-refractivity contribution is 5.93. The van der Waals surface area contributed by atoms with Crippen LogP contribution in [0.2, 0.25) is 0 Å². The zero-order chi connectivity index (χ0) is 29.1. The number of carbonyl (C=O) groups is 1. The Morgan fingerprint density at radius 3 is 2.27 bits per heavy atom. The lowest BCUT2D eigenvalue weighted by Crippen LogP contribution is -2.49. The Morgan fingerprint density at radius 1 is 0.950 bits per heavy atom. The maximum atomic E-state index is 13.9. The van der Waals surface area contributed by atoms with E-state index in [0.29, 0.717) is 23.8 Å². The number of aliphatic hydroxyl groups is 1. The summed E-state index contributed by atoms with van der Waals surface area (Å²) in [5, 5.41) is 17.2. The van der Waals surface area contributed by atoms with E-state index in [4.69, 9.17) is 0 Å². The number of hydrogen-bond donors (Lipinski definition) is 3. The van der Waals surface area contributed by atoms with E-state index in [2.05, 4.69) is 53.5 Å². The highest BCUT2D eigenvalue weighted by Crippen LogP contribution is 2.15. The number of aromatic nitrogens is 2. The van der Waals surface area contributed by atoms with Crippen LogP contribution >= 0.6 is 0 Å². The predicted octanol–water partition coefficient (Wildman–Crippen LogP) is 4.74. The van der Waals surface area contributed by atoms with Gasteiger partial charge in [-0.2, -0.15) is 0 Å². The molecular formula is C31H41F2N5O2. The number of amides is 1. The smallest absolute Gasteiger partial charge is 0.270 e. The summed E-state index contributed by atoms with van der Waals surface area (Å²) in [6.07, 6.45) is 1.74. The molecule has 9 heteroatoms. The molecule has 216 valence electrons. The lowest BCUT2D eigenvalue weighted by atomic mass is 10.00. The molecule has 7 nitrogen and oxygen atoms in total. The topological polar surface area (TPSA) is 90.4 Å². The van der Waals surface area contributed by atoms with Gasteiger partial charge in [0.15, 0.2) is 0 Å². The van der Waals surface area contributed by atoms with Crippen molar-refractivity contribution in [3.05, 3.63) is 88.2 Å². The Labute approximate surface area is 236 Å². The number of aryl methyl sites for hydroxylation is 2. The van der Waals surface area contributed by atoms with E-state index in [-0.39, 0.29) is 18.7 Å². The second-order valence-corrected chi connectivity index (χ2v) is 10.1. The van der Waals surface area contributed by atoms with Crippen LogP contribution in [-0.4, -0.2) is 52.8 Å². The molecule has 0 fully saturated rings. The van der Waals surface area contributed by atoms with Gasteiger partial charge in [0.25, 0.3) is 5.91 Å². The average molecular weight is 554 g/mol. The summed E-state index contributed by atoms with van der Waals surface area (Å²) in [6, 6.07) is 12.1. The predicted molar refractivity (Wildman–Crippen MR) is 154 cm³/mol. The van der Waals surface area contributed by atoms with Crippen LogP contribution < -0.4 is 15.5 Å². The molecule has 40 heavy (non-hydrogen) atoms. The Bertz CT molecular complexity index is 1230. The Balaban J connectivity index is 1.79. The van der Waals surface area contributed by atoms with Gasteiger partial charge in [-0.15, -0.1) is 0 Å². The van der Waals surface area contributed by atoms with Gasteiger partial charge in [0.1, 0.15) is 17.3 Å². The minimum absolute atomic E-state index is 0.0311. The van der Waals surface area contributed by atoms with Gasteiger partial charge in [0.2, 0.25) is 5.95 Å². The van der Waals surface area contributed by atoms with Crippen molar-refractivity contribution in [2.45, 2.75) is 72.1 Å². The first kappa shape index (κ1) is 31.1. The highest BCUT2D eigenvalue weighted by Gasteiger charge is 2.24. The number of carbonyl (C=O) groups excluding carboxylic acids is 1. The fourth-order valence-corrected chi connectivity index (χ4v) is 4.64. The minimum Gasteiger partial charge on any atom is -0.390 e. The molecule has 2 atom stereocenters. The second kappa shape index (κ2) is 15.4. The van der Waals surface area contributed by atoms with Crippen LogP contribution in [0.15, 0.2) is 48.5 Å². The molecule has 0 aliphatic heterocycles. The average Bonchev–Trinajstić information content (AvgIpc) is 2.91. The second-order valence-electron chi connectivity index (χ2n) is 10.1. The van der Waals surface area contributed by atoms with Crippen molar-refractivity contribution in [2.24, 2.45) is 0 Å². The number of nitrogens with zero attached hydrogens (tertiary/aromatic N) is 3. The quantitative estimate of drug-likeness (QED) is 0.252. The summed E-state index contributed by atoms with van der Waals surface area (Å²) < 4.78 is 27.9. The van der Waals surface area contributed by atoms with Crippen LogP contribution in [0.5, 0.6) is 0 Å². The Hall–Kier alpha value is -3.43. The van der Waals surface area contributed by atoms with Crippen molar-refractivity contribution in [1.29, 1.82) is 0 Å². The van der Waals surface area contributed by atoms with Crippen LogP contribution in [0.1, 0.15) is 66.5 Å². The number of benzene rings is 2. The van der Waals surface area contributed by atoms with Crippen LogP contribution in [-0.2, 0) is 19.4 Å². The van der Waals surface area contributed by atoms with E-state index in [1.165, 1.54) is 17.7 Å². The third kappa shape index (κ3) is 9.34. The number of hydrogen-bond acceptors (Lipinski definition) is 6. The summed E-state index contributed by atoms with van der Waals surface area (Å²) in [5.74, 6) is -1.44. The van der Waals surface area contributed by atoms with Gasteiger partial charge < -0.3 is 20.6 Å². The first-order chi connectivity index (χ1) is 19.2. The summed E-state index contributed by atoms with van der Waals surface area (Å²) >= 11 is 0. The van der Waals surface area contributed by atoms with Gasteiger partial charge in [-0.05, 0) is 67.5 Å². The molecule has 2 aromatic carbocycles. The number of nitrogens with one attached hydrogen (secondary N) is 2. The molecule has 1 aromatic heterocycles. The van der Waals surface area contributed by atoms with E-state index in [1.807, 2.05) is 17.0 Å². The summed E-state index contributed by atoms with van der Waals surface area (Å²) in [5.41, 5.74) is 3.44. The Morgan fingerprint density at radius 2 is 1.62 bits per heavy atom. The van der Waals surface area contributed by atoms with Crippen LogP contribution in [0, 0.1) is 18.6 Å². The van der Waals surface area contributed by atoms with E-state index in [1.54, 1.807) is 13.0 Å². The van der Waals surface area contributed by atoms with E-state index < -0.39 is 29.7 Å². The molecule has 0 aliphatic rings. The molecule has 0 saturated heterocycles. The third-order valence-corrected chi connectivity index (χ3v) is 6.59. The normalized spacial score (nSPS) is 12.7. The van der Waals surface area contributed by atoms with Crippen LogP contribution in [0.4, 0.5) is 14.7 Å². The molecule has 0 saturated carbocycles. The van der Waals surface area contributed by atoms with E-state index >= 15 is 0 Å². The Kier molecular flexibility index (Phi) is 12.0.